The smallest absolute Gasteiger partial charge is 0.339 e. The summed E-state index contributed by atoms with van der Waals surface area (Å²) in [5, 5.41) is 9.06. The number of carboxylic acids is 1. The Morgan fingerprint density at radius 3 is 3.00 bits per heavy atom. The van der Waals surface area contributed by atoms with E-state index in [0.29, 0.717) is 23.4 Å². The van der Waals surface area contributed by atoms with Crippen molar-refractivity contribution < 1.29 is 14.6 Å². The van der Waals surface area contributed by atoms with E-state index in [2.05, 4.69) is 20.9 Å². The number of imidazole rings is 1. The highest BCUT2D eigenvalue weighted by Crippen LogP contribution is 2.29. The van der Waals surface area contributed by atoms with E-state index in [1.165, 1.54) is 6.07 Å². The molecule has 0 radical (unpaired) electrons. The first-order chi connectivity index (χ1) is 8.68. The Morgan fingerprint density at radius 2 is 2.33 bits per heavy atom. The van der Waals surface area contributed by atoms with Gasteiger partial charge in [0.25, 0.3) is 0 Å². The zero-order chi connectivity index (χ0) is 13.0. The molecule has 0 aliphatic rings. The fourth-order valence-corrected chi connectivity index (χ4v) is 1.98. The number of halogens is 1. The Kier molecular flexibility index (Phi) is 3.99. The third-order valence-electron chi connectivity index (χ3n) is 2.35. The number of hydrogen-bond donors (Lipinski definition) is 1. The Bertz CT molecular complexity index is 540. The van der Waals surface area contributed by atoms with Gasteiger partial charge in [-0.2, -0.15) is 0 Å². The first kappa shape index (κ1) is 12.6. The Morgan fingerprint density at radius 1 is 1.50 bits per heavy atom. The number of rotatable bonds is 5. The lowest BCUT2D eigenvalue weighted by molar-refractivity contribution is 0.0692. The number of hydrogen-bond acceptors (Lipinski definition) is 3. The molecule has 1 heterocycles. The predicted molar refractivity (Wildman–Crippen MR) is 68.8 cm³/mol. The molecular formula is C12H11BrN2O3. The fraction of sp³-hybridized carbons (Fsp3) is 0.167. The molecule has 0 unspecified atom stereocenters. The number of carboxylic acid groups (broad SMARTS) is 1. The molecular weight excluding hydrogens is 300 g/mol. The Labute approximate surface area is 112 Å². The normalized spacial score (nSPS) is 10.3. The maximum atomic E-state index is 11.0. The summed E-state index contributed by atoms with van der Waals surface area (Å²) in [7, 11) is 0. The molecule has 6 heteroatoms. The second-order valence-electron chi connectivity index (χ2n) is 3.57. The molecule has 2 rings (SSSR count). The van der Waals surface area contributed by atoms with Gasteiger partial charge >= 0.3 is 5.97 Å². The molecule has 0 spiro atoms. The number of carbonyl (C=O) groups is 1. The fourth-order valence-electron chi connectivity index (χ4n) is 1.50. The molecule has 5 nitrogen and oxygen atoms in total. The van der Waals surface area contributed by atoms with Crippen molar-refractivity contribution >= 4 is 21.9 Å². The van der Waals surface area contributed by atoms with Crippen LogP contribution in [0.1, 0.15) is 10.4 Å². The molecule has 0 amide bonds. The van der Waals surface area contributed by atoms with Crippen molar-refractivity contribution in [1.29, 1.82) is 0 Å². The van der Waals surface area contributed by atoms with E-state index in [1.54, 1.807) is 24.7 Å². The summed E-state index contributed by atoms with van der Waals surface area (Å²) in [5.41, 5.74) is 0.148. The quantitative estimate of drug-likeness (QED) is 0.921. The molecule has 1 aromatic carbocycles. The van der Waals surface area contributed by atoms with Crippen molar-refractivity contribution in [2.45, 2.75) is 6.54 Å². The van der Waals surface area contributed by atoms with Crippen LogP contribution in [0.25, 0.3) is 0 Å². The largest absolute Gasteiger partial charge is 0.490 e. The molecule has 94 valence electrons. The van der Waals surface area contributed by atoms with Crippen molar-refractivity contribution in [3.63, 3.8) is 0 Å². The standard InChI is InChI=1S/C12H11BrN2O3/c13-10-3-1-2-9(12(16)17)11(10)18-7-6-15-5-4-14-8-15/h1-5,8H,6-7H2,(H,16,17). The van der Waals surface area contributed by atoms with Crippen LogP contribution in [0.2, 0.25) is 0 Å². The van der Waals surface area contributed by atoms with Crippen LogP contribution in [0, 0.1) is 0 Å². The van der Waals surface area contributed by atoms with Crippen LogP contribution in [-0.4, -0.2) is 27.2 Å². The minimum Gasteiger partial charge on any atom is -0.490 e. The van der Waals surface area contributed by atoms with Gasteiger partial charge in [0.05, 0.1) is 17.3 Å². The summed E-state index contributed by atoms with van der Waals surface area (Å²) in [4.78, 5) is 15.0. The summed E-state index contributed by atoms with van der Waals surface area (Å²) >= 11 is 3.29. The van der Waals surface area contributed by atoms with E-state index >= 15 is 0 Å². The Hall–Kier alpha value is -1.82. The van der Waals surface area contributed by atoms with Gasteiger partial charge in [-0.25, -0.2) is 9.78 Å². The molecule has 0 fully saturated rings. The molecule has 0 saturated carbocycles. The van der Waals surface area contributed by atoms with Crippen LogP contribution in [-0.2, 0) is 6.54 Å². The van der Waals surface area contributed by atoms with E-state index in [4.69, 9.17) is 9.84 Å². The number of para-hydroxylation sites is 1. The number of ether oxygens (including phenoxy) is 1. The van der Waals surface area contributed by atoms with Gasteiger partial charge in [0.1, 0.15) is 17.9 Å². The van der Waals surface area contributed by atoms with Crippen molar-refractivity contribution in [2.75, 3.05) is 6.61 Å². The highest BCUT2D eigenvalue weighted by Gasteiger charge is 2.13. The van der Waals surface area contributed by atoms with Gasteiger partial charge in [-0.05, 0) is 28.1 Å². The van der Waals surface area contributed by atoms with Gasteiger partial charge in [-0.1, -0.05) is 6.07 Å². The molecule has 0 atom stereocenters. The number of aromatic carboxylic acids is 1. The maximum Gasteiger partial charge on any atom is 0.339 e. The molecule has 18 heavy (non-hydrogen) atoms. The third-order valence-corrected chi connectivity index (χ3v) is 2.98. The minimum absolute atomic E-state index is 0.148. The van der Waals surface area contributed by atoms with Gasteiger partial charge < -0.3 is 14.4 Å². The summed E-state index contributed by atoms with van der Waals surface area (Å²) in [5.74, 6) is -0.654. The monoisotopic (exact) mass is 310 g/mol. The molecule has 0 aliphatic carbocycles. The molecule has 0 aliphatic heterocycles. The van der Waals surface area contributed by atoms with Crippen molar-refractivity contribution in [1.82, 2.24) is 9.55 Å². The van der Waals surface area contributed by atoms with Crippen LogP contribution in [0.15, 0.2) is 41.4 Å². The lowest BCUT2D eigenvalue weighted by Gasteiger charge is -2.11. The van der Waals surface area contributed by atoms with Crippen LogP contribution >= 0.6 is 15.9 Å². The van der Waals surface area contributed by atoms with Gasteiger partial charge in [-0.15, -0.1) is 0 Å². The van der Waals surface area contributed by atoms with E-state index in [-0.39, 0.29) is 5.56 Å². The molecule has 1 aromatic heterocycles. The first-order valence-corrected chi connectivity index (χ1v) is 6.08. The van der Waals surface area contributed by atoms with Crippen LogP contribution in [0.5, 0.6) is 5.75 Å². The lowest BCUT2D eigenvalue weighted by Crippen LogP contribution is -2.09. The average Bonchev–Trinajstić information content (AvgIpc) is 2.84. The third kappa shape index (κ3) is 2.89. The second-order valence-corrected chi connectivity index (χ2v) is 4.42. The number of aromatic nitrogens is 2. The second kappa shape index (κ2) is 5.68. The van der Waals surface area contributed by atoms with Gasteiger partial charge in [0.2, 0.25) is 0 Å². The van der Waals surface area contributed by atoms with Crippen molar-refractivity contribution in [3.05, 3.63) is 47.0 Å². The zero-order valence-corrected chi connectivity index (χ0v) is 11.0. The van der Waals surface area contributed by atoms with Gasteiger partial charge in [0.15, 0.2) is 0 Å². The molecule has 0 bridgehead atoms. The minimum atomic E-state index is -1.01. The SMILES string of the molecule is O=C(O)c1cccc(Br)c1OCCn1ccnc1. The highest BCUT2D eigenvalue weighted by molar-refractivity contribution is 9.10. The van der Waals surface area contributed by atoms with E-state index in [0.717, 1.165) is 0 Å². The maximum absolute atomic E-state index is 11.0. The predicted octanol–water partition coefficient (Wildman–Crippen LogP) is 2.42. The lowest BCUT2D eigenvalue weighted by atomic mass is 10.2. The van der Waals surface area contributed by atoms with Crippen molar-refractivity contribution in [2.24, 2.45) is 0 Å². The van der Waals surface area contributed by atoms with Crippen LogP contribution in [0.3, 0.4) is 0 Å². The number of benzene rings is 1. The summed E-state index contributed by atoms with van der Waals surface area (Å²) < 4.78 is 8.02. The van der Waals surface area contributed by atoms with Crippen molar-refractivity contribution in [3.8, 4) is 5.75 Å². The van der Waals surface area contributed by atoms with Gasteiger partial charge in [0, 0.05) is 12.4 Å². The van der Waals surface area contributed by atoms with E-state index < -0.39 is 5.97 Å². The summed E-state index contributed by atoms with van der Waals surface area (Å²) in [6, 6.07) is 4.93. The van der Waals surface area contributed by atoms with Crippen LogP contribution in [0.4, 0.5) is 0 Å². The van der Waals surface area contributed by atoms with E-state index in [9.17, 15) is 4.79 Å². The summed E-state index contributed by atoms with van der Waals surface area (Å²) in [6.45, 7) is 0.986. The van der Waals surface area contributed by atoms with Crippen LogP contribution < -0.4 is 4.74 Å². The Balaban J connectivity index is 2.06. The highest BCUT2D eigenvalue weighted by atomic mass is 79.9. The molecule has 0 saturated heterocycles. The van der Waals surface area contributed by atoms with Gasteiger partial charge in [-0.3, -0.25) is 0 Å². The average molecular weight is 311 g/mol. The van der Waals surface area contributed by atoms with E-state index in [1.807, 2.05) is 10.8 Å². The zero-order valence-electron chi connectivity index (χ0n) is 9.41. The number of nitrogens with zero attached hydrogens (tertiary/aromatic N) is 2. The molecule has 2 aromatic rings. The molecule has 1 N–H and O–H groups in total. The topological polar surface area (TPSA) is 64.3 Å². The first-order valence-electron chi connectivity index (χ1n) is 5.29. The summed E-state index contributed by atoms with van der Waals surface area (Å²) in [6.07, 6.45) is 5.18.